The number of hydrogen-bond acceptors (Lipinski definition) is 4. The third-order valence-corrected chi connectivity index (χ3v) is 4.26. The average molecular weight is 399 g/mol. The van der Waals surface area contributed by atoms with E-state index in [0.29, 0.717) is 27.6 Å². The normalized spacial score (nSPS) is 10.2. The van der Waals surface area contributed by atoms with Gasteiger partial charge in [-0.2, -0.15) is 0 Å². The first kappa shape index (κ1) is 19.4. The van der Waals surface area contributed by atoms with Crippen molar-refractivity contribution in [3.8, 4) is 0 Å². The molecular formula is C21H16ClFN2O3. The SMILES string of the molecule is COC(=O)c1ccc(Cl)c(Nc2ccc(NC(=O)c3ccccc3F)cc2)c1. The molecule has 142 valence electrons. The topological polar surface area (TPSA) is 67.4 Å². The Morgan fingerprint density at radius 2 is 1.64 bits per heavy atom. The zero-order valence-electron chi connectivity index (χ0n) is 14.8. The summed E-state index contributed by atoms with van der Waals surface area (Å²) in [7, 11) is 1.30. The zero-order chi connectivity index (χ0) is 20.1. The van der Waals surface area contributed by atoms with Crippen molar-refractivity contribution in [2.45, 2.75) is 0 Å². The van der Waals surface area contributed by atoms with Gasteiger partial charge in [-0.3, -0.25) is 4.79 Å². The van der Waals surface area contributed by atoms with E-state index in [2.05, 4.69) is 10.6 Å². The zero-order valence-corrected chi connectivity index (χ0v) is 15.6. The molecule has 0 aliphatic rings. The number of halogens is 2. The molecule has 0 aromatic heterocycles. The van der Waals surface area contributed by atoms with Crippen LogP contribution in [0.4, 0.5) is 21.5 Å². The maximum atomic E-state index is 13.7. The fraction of sp³-hybridized carbons (Fsp3) is 0.0476. The molecule has 0 heterocycles. The minimum atomic E-state index is -0.585. The van der Waals surface area contributed by atoms with Gasteiger partial charge < -0.3 is 15.4 Å². The van der Waals surface area contributed by atoms with E-state index in [1.807, 2.05) is 0 Å². The highest BCUT2D eigenvalue weighted by Gasteiger charge is 2.12. The van der Waals surface area contributed by atoms with Crippen LogP contribution >= 0.6 is 11.6 Å². The third kappa shape index (κ3) is 4.47. The summed E-state index contributed by atoms with van der Waals surface area (Å²) in [5.41, 5.74) is 2.06. The first-order valence-electron chi connectivity index (χ1n) is 8.29. The Labute approximate surface area is 166 Å². The van der Waals surface area contributed by atoms with E-state index >= 15 is 0 Å². The summed E-state index contributed by atoms with van der Waals surface area (Å²) < 4.78 is 18.4. The lowest BCUT2D eigenvalue weighted by Gasteiger charge is -2.11. The van der Waals surface area contributed by atoms with Gasteiger partial charge in [0.1, 0.15) is 5.82 Å². The number of methoxy groups -OCH3 is 1. The van der Waals surface area contributed by atoms with Gasteiger partial charge in [-0.15, -0.1) is 0 Å². The molecule has 0 saturated carbocycles. The molecule has 0 radical (unpaired) electrons. The van der Waals surface area contributed by atoms with E-state index in [0.717, 1.165) is 0 Å². The lowest BCUT2D eigenvalue weighted by atomic mass is 10.2. The monoisotopic (exact) mass is 398 g/mol. The average Bonchev–Trinajstić information content (AvgIpc) is 2.70. The van der Waals surface area contributed by atoms with Crippen LogP contribution in [0, 0.1) is 5.82 Å². The molecule has 0 atom stereocenters. The van der Waals surface area contributed by atoms with Crippen molar-refractivity contribution in [3.05, 3.63) is 88.7 Å². The molecular weight excluding hydrogens is 383 g/mol. The number of benzene rings is 3. The van der Waals surface area contributed by atoms with E-state index in [-0.39, 0.29) is 5.56 Å². The van der Waals surface area contributed by atoms with Crippen molar-refractivity contribution in [2.24, 2.45) is 0 Å². The number of esters is 1. The molecule has 2 N–H and O–H groups in total. The van der Waals surface area contributed by atoms with E-state index in [1.54, 1.807) is 48.5 Å². The highest BCUT2D eigenvalue weighted by atomic mass is 35.5. The van der Waals surface area contributed by atoms with Crippen molar-refractivity contribution < 1.29 is 18.7 Å². The highest BCUT2D eigenvalue weighted by Crippen LogP contribution is 2.27. The van der Waals surface area contributed by atoms with E-state index in [4.69, 9.17) is 16.3 Å². The first-order valence-corrected chi connectivity index (χ1v) is 8.66. The van der Waals surface area contributed by atoms with Crippen LogP contribution in [0.3, 0.4) is 0 Å². The molecule has 5 nitrogen and oxygen atoms in total. The number of anilines is 3. The van der Waals surface area contributed by atoms with Crippen LogP contribution in [-0.2, 0) is 4.74 Å². The van der Waals surface area contributed by atoms with Gasteiger partial charge in [0.2, 0.25) is 0 Å². The smallest absolute Gasteiger partial charge is 0.337 e. The Kier molecular flexibility index (Phi) is 5.91. The molecule has 0 fully saturated rings. The van der Waals surface area contributed by atoms with E-state index in [1.165, 1.54) is 25.3 Å². The second-order valence-electron chi connectivity index (χ2n) is 5.82. The molecule has 0 saturated heterocycles. The molecule has 0 aliphatic heterocycles. The number of ether oxygens (including phenoxy) is 1. The molecule has 0 unspecified atom stereocenters. The maximum absolute atomic E-state index is 13.7. The summed E-state index contributed by atoms with van der Waals surface area (Å²) in [6.07, 6.45) is 0. The van der Waals surface area contributed by atoms with Gasteiger partial charge >= 0.3 is 5.97 Å². The molecule has 0 spiro atoms. The molecule has 28 heavy (non-hydrogen) atoms. The molecule has 3 aromatic rings. The lowest BCUT2D eigenvalue weighted by molar-refractivity contribution is 0.0600. The third-order valence-electron chi connectivity index (χ3n) is 3.93. The van der Waals surface area contributed by atoms with Crippen molar-refractivity contribution in [1.82, 2.24) is 0 Å². The molecule has 1 amide bonds. The van der Waals surface area contributed by atoms with Gasteiger partial charge in [-0.25, -0.2) is 9.18 Å². The molecule has 0 bridgehead atoms. The van der Waals surface area contributed by atoms with Crippen LogP contribution in [0.15, 0.2) is 66.7 Å². The predicted molar refractivity (Wildman–Crippen MR) is 107 cm³/mol. The van der Waals surface area contributed by atoms with Gasteiger partial charge in [0, 0.05) is 11.4 Å². The Bertz CT molecular complexity index is 1020. The molecule has 0 aliphatic carbocycles. The van der Waals surface area contributed by atoms with Crippen LogP contribution < -0.4 is 10.6 Å². The number of carbonyl (C=O) groups excluding carboxylic acids is 2. The summed E-state index contributed by atoms with van der Waals surface area (Å²) >= 11 is 6.17. The Balaban J connectivity index is 1.72. The largest absolute Gasteiger partial charge is 0.465 e. The number of nitrogens with one attached hydrogen (secondary N) is 2. The van der Waals surface area contributed by atoms with Crippen molar-refractivity contribution in [2.75, 3.05) is 17.7 Å². The van der Waals surface area contributed by atoms with E-state index < -0.39 is 17.7 Å². The van der Waals surface area contributed by atoms with Crippen LogP contribution in [0.2, 0.25) is 5.02 Å². The van der Waals surface area contributed by atoms with Gasteiger partial charge in [0.05, 0.1) is 28.9 Å². The number of hydrogen-bond donors (Lipinski definition) is 2. The van der Waals surface area contributed by atoms with Crippen molar-refractivity contribution in [1.29, 1.82) is 0 Å². The quantitative estimate of drug-likeness (QED) is 0.575. The van der Waals surface area contributed by atoms with Gasteiger partial charge in [-0.05, 0) is 54.6 Å². The summed E-state index contributed by atoms with van der Waals surface area (Å²) in [4.78, 5) is 23.8. The first-order chi connectivity index (χ1) is 13.5. The molecule has 3 rings (SSSR count). The summed E-state index contributed by atoms with van der Waals surface area (Å²) in [5.74, 6) is -1.59. The Morgan fingerprint density at radius 1 is 0.964 bits per heavy atom. The second kappa shape index (κ2) is 8.54. The van der Waals surface area contributed by atoms with Crippen LogP contribution in [0.5, 0.6) is 0 Å². The summed E-state index contributed by atoms with van der Waals surface area (Å²) in [6, 6.07) is 17.3. The van der Waals surface area contributed by atoms with Crippen molar-refractivity contribution in [3.63, 3.8) is 0 Å². The Morgan fingerprint density at radius 3 is 2.32 bits per heavy atom. The fourth-order valence-corrected chi connectivity index (χ4v) is 2.67. The van der Waals surface area contributed by atoms with Gasteiger partial charge in [-0.1, -0.05) is 23.7 Å². The molecule has 7 heteroatoms. The van der Waals surface area contributed by atoms with Gasteiger partial charge in [0.25, 0.3) is 5.91 Å². The summed E-state index contributed by atoms with van der Waals surface area (Å²) in [5, 5.41) is 6.17. The van der Waals surface area contributed by atoms with Crippen LogP contribution in [-0.4, -0.2) is 19.0 Å². The van der Waals surface area contributed by atoms with E-state index in [9.17, 15) is 14.0 Å². The van der Waals surface area contributed by atoms with Gasteiger partial charge in [0.15, 0.2) is 0 Å². The molecule has 3 aromatic carbocycles. The highest BCUT2D eigenvalue weighted by molar-refractivity contribution is 6.33. The minimum absolute atomic E-state index is 0.0314. The lowest BCUT2D eigenvalue weighted by Crippen LogP contribution is -2.13. The Hall–Kier alpha value is -3.38. The van der Waals surface area contributed by atoms with Crippen molar-refractivity contribution >= 4 is 40.5 Å². The number of carbonyl (C=O) groups is 2. The maximum Gasteiger partial charge on any atom is 0.337 e. The minimum Gasteiger partial charge on any atom is -0.465 e. The number of amides is 1. The fourth-order valence-electron chi connectivity index (χ4n) is 2.50. The predicted octanol–water partition coefficient (Wildman–Crippen LogP) is 5.26. The van der Waals surface area contributed by atoms with Crippen LogP contribution in [0.1, 0.15) is 20.7 Å². The second-order valence-corrected chi connectivity index (χ2v) is 6.23. The standard InChI is InChI=1S/C21H16ClFN2O3/c1-28-21(27)13-6-11-17(22)19(12-13)24-14-7-9-15(10-8-14)25-20(26)16-4-2-3-5-18(16)23/h2-12,24H,1H3,(H,25,26). The van der Waals surface area contributed by atoms with Crippen LogP contribution in [0.25, 0.3) is 0 Å². The number of rotatable bonds is 5. The summed E-state index contributed by atoms with van der Waals surface area (Å²) in [6.45, 7) is 0.